The molecule has 5 rings (SSSR count). The first-order valence-corrected chi connectivity index (χ1v) is 12.1. The van der Waals surface area contributed by atoms with Crippen molar-refractivity contribution in [2.24, 2.45) is 0 Å². The zero-order chi connectivity index (χ0) is 27.5. The first-order valence-electron chi connectivity index (χ1n) is 11.7. The number of carbonyl (C=O) groups is 4. The predicted molar refractivity (Wildman–Crippen MR) is 142 cm³/mol. The van der Waals surface area contributed by atoms with Crippen LogP contribution in [0.25, 0.3) is 11.0 Å². The van der Waals surface area contributed by atoms with E-state index in [1.807, 2.05) is 0 Å². The monoisotopic (exact) mass is 548 g/mol. The number of hydrogen-bond donors (Lipinski definition) is 3. The molecular formula is C26H21ClN6O6. The van der Waals surface area contributed by atoms with Crippen LogP contribution in [0.15, 0.2) is 60.8 Å². The molecule has 2 aromatic carbocycles. The van der Waals surface area contributed by atoms with Crippen molar-refractivity contribution in [2.45, 2.75) is 6.54 Å². The molecule has 3 N–H and O–H groups in total. The largest absolute Gasteiger partial charge is 0.478 e. The molecule has 0 saturated carbocycles. The standard InChI is InChI=1S/C26H21ClN6O6/c27-15-4-9-20(28-12-15)30-21(34)13-33-19-3-1-2-18(26(37)38)23(19)31-24(33)25(36)29-16-5-7-17(8-6-16)32-10-11-39-14-22(32)35/h1-9,12H,10-11,13-14H2,(H,29,36)(H,37,38)(H,28,30,34). The minimum atomic E-state index is -1.22. The minimum Gasteiger partial charge on any atom is -0.478 e. The summed E-state index contributed by atoms with van der Waals surface area (Å²) in [6.07, 6.45) is 1.38. The van der Waals surface area contributed by atoms with Crippen LogP contribution in [-0.4, -0.2) is 63.1 Å². The first kappa shape index (κ1) is 25.8. The summed E-state index contributed by atoms with van der Waals surface area (Å²) < 4.78 is 6.49. The normalized spacial score (nSPS) is 13.4. The lowest BCUT2D eigenvalue weighted by Crippen LogP contribution is -2.41. The Bertz CT molecular complexity index is 1590. The van der Waals surface area contributed by atoms with Gasteiger partial charge in [0.15, 0.2) is 0 Å². The number of amides is 3. The average molecular weight is 549 g/mol. The first-order chi connectivity index (χ1) is 18.8. The topological polar surface area (TPSA) is 156 Å². The number of pyridine rings is 1. The second-order valence-corrected chi connectivity index (χ2v) is 8.95. The van der Waals surface area contributed by atoms with E-state index in [2.05, 4.69) is 20.6 Å². The molecule has 12 nitrogen and oxygen atoms in total. The molecule has 3 heterocycles. The zero-order valence-corrected chi connectivity index (χ0v) is 21.0. The number of imidazole rings is 1. The molecule has 1 saturated heterocycles. The molecule has 3 amide bonds. The molecule has 1 aliphatic heterocycles. The van der Waals surface area contributed by atoms with Gasteiger partial charge in [0.25, 0.3) is 11.8 Å². The van der Waals surface area contributed by atoms with Crippen molar-refractivity contribution in [3.8, 4) is 0 Å². The average Bonchev–Trinajstić information content (AvgIpc) is 3.29. The summed E-state index contributed by atoms with van der Waals surface area (Å²) in [6.45, 7) is 0.522. The summed E-state index contributed by atoms with van der Waals surface area (Å²) in [5.74, 6) is -2.46. The van der Waals surface area contributed by atoms with Crippen molar-refractivity contribution >= 4 is 63.5 Å². The number of carboxylic acids is 1. The number of aromatic carboxylic acids is 1. The highest BCUT2D eigenvalue weighted by Crippen LogP contribution is 2.23. The van der Waals surface area contributed by atoms with Crippen molar-refractivity contribution in [3.05, 3.63) is 77.2 Å². The number of benzene rings is 2. The summed E-state index contributed by atoms with van der Waals surface area (Å²) in [7, 11) is 0. The molecule has 2 aromatic heterocycles. The number of carboxylic acid groups (broad SMARTS) is 1. The van der Waals surface area contributed by atoms with Gasteiger partial charge >= 0.3 is 5.97 Å². The van der Waals surface area contributed by atoms with E-state index in [4.69, 9.17) is 16.3 Å². The molecule has 13 heteroatoms. The number of hydrogen-bond acceptors (Lipinski definition) is 7. The number of halogens is 1. The number of morpholine rings is 1. The van der Waals surface area contributed by atoms with Crippen LogP contribution in [-0.2, 0) is 20.9 Å². The zero-order valence-electron chi connectivity index (χ0n) is 20.3. The van der Waals surface area contributed by atoms with Gasteiger partial charge in [-0.3, -0.25) is 14.4 Å². The van der Waals surface area contributed by atoms with Crippen molar-refractivity contribution < 1.29 is 29.0 Å². The van der Waals surface area contributed by atoms with E-state index in [-0.39, 0.29) is 41.8 Å². The molecule has 39 heavy (non-hydrogen) atoms. The van der Waals surface area contributed by atoms with Crippen LogP contribution in [0.4, 0.5) is 17.2 Å². The molecule has 0 spiro atoms. The van der Waals surface area contributed by atoms with Gasteiger partial charge in [-0.15, -0.1) is 0 Å². The highest BCUT2D eigenvalue weighted by molar-refractivity contribution is 6.30. The molecule has 1 fully saturated rings. The third-order valence-electron chi connectivity index (χ3n) is 5.93. The Morgan fingerprint density at radius 1 is 1.05 bits per heavy atom. The van der Waals surface area contributed by atoms with Gasteiger partial charge in [-0.1, -0.05) is 17.7 Å². The molecule has 0 aliphatic carbocycles. The molecule has 1 aliphatic rings. The molecule has 4 aromatic rings. The van der Waals surface area contributed by atoms with Crippen molar-refractivity contribution in [1.29, 1.82) is 0 Å². The number of nitrogens with zero attached hydrogens (tertiary/aromatic N) is 4. The number of rotatable bonds is 7. The van der Waals surface area contributed by atoms with Gasteiger partial charge < -0.3 is 29.9 Å². The predicted octanol–water partition coefficient (Wildman–Crippen LogP) is 3.04. The van der Waals surface area contributed by atoms with E-state index in [9.17, 15) is 24.3 Å². The highest BCUT2D eigenvalue weighted by Gasteiger charge is 2.24. The van der Waals surface area contributed by atoms with Crippen LogP contribution in [0, 0.1) is 0 Å². The molecule has 0 unspecified atom stereocenters. The van der Waals surface area contributed by atoms with Gasteiger partial charge in [-0.25, -0.2) is 14.8 Å². The highest BCUT2D eigenvalue weighted by atomic mass is 35.5. The summed E-state index contributed by atoms with van der Waals surface area (Å²) in [5, 5.41) is 15.4. The Labute approximate surface area is 226 Å². The Morgan fingerprint density at radius 2 is 1.85 bits per heavy atom. The Balaban J connectivity index is 1.42. The van der Waals surface area contributed by atoms with Gasteiger partial charge in [0, 0.05) is 24.1 Å². The maximum Gasteiger partial charge on any atom is 0.337 e. The molecular weight excluding hydrogens is 528 g/mol. The lowest BCUT2D eigenvalue weighted by molar-refractivity contribution is -0.125. The maximum absolute atomic E-state index is 13.3. The van der Waals surface area contributed by atoms with Crippen molar-refractivity contribution in [1.82, 2.24) is 14.5 Å². The third kappa shape index (κ3) is 5.56. The molecule has 0 radical (unpaired) electrons. The second kappa shape index (κ2) is 10.9. The molecule has 0 bridgehead atoms. The SMILES string of the molecule is O=C(Cn1c(C(=O)Nc2ccc(N3CCOCC3=O)cc2)nc2c(C(=O)O)cccc21)Nc1ccc(Cl)cn1. The van der Waals surface area contributed by atoms with Gasteiger partial charge in [-0.05, 0) is 48.5 Å². The number of aromatic nitrogens is 3. The number of fused-ring (bicyclic) bond motifs is 1. The fourth-order valence-electron chi connectivity index (χ4n) is 4.13. The number of anilines is 3. The Hall–Kier alpha value is -4.81. The fourth-order valence-corrected chi connectivity index (χ4v) is 4.24. The van der Waals surface area contributed by atoms with E-state index in [1.54, 1.807) is 41.3 Å². The summed E-state index contributed by atoms with van der Waals surface area (Å²) in [4.78, 5) is 60.0. The van der Waals surface area contributed by atoms with E-state index >= 15 is 0 Å². The van der Waals surface area contributed by atoms with Crippen LogP contribution in [0.2, 0.25) is 5.02 Å². The van der Waals surface area contributed by atoms with E-state index in [1.165, 1.54) is 29.0 Å². The van der Waals surface area contributed by atoms with Crippen molar-refractivity contribution in [2.75, 3.05) is 35.3 Å². The van der Waals surface area contributed by atoms with Crippen LogP contribution in [0.1, 0.15) is 21.0 Å². The quantitative estimate of drug-likeness (QED) is 0.318. The third-order valence-corrected chi connectivity index (χ3v) is 6.16. The number of carbonyl (C=O) groups excluding carboxylic acids is 3. The van der Waals surface area contributed by atoms with E-state index < -0.39 is 17.8 Å². The van der Waals surface area contributed by atoms with E-state index in [0.29, 0.717) is 35.1 Å². The summed E-state index contributed by atoms with van der Waals surface area (Å²) >= 11 is 5.84. The number of nitrogens with one attached hydrogen (secondary N) is 2. The Kier molecular flexibility index (Phi) is 7.21. The minimum absolute atomic E-state index is 0.00863. The summed E-state index contributed by atoms with van der Waals surface area (Å²) in [6, 6.07) is 14.2. The van der Waals surface area contributed by atoms with Crippen LogP contribution in [0.5, 0.6) is 0 Å². The van der Waals surface area contributed by atoms with Gasteiger partial charge in [-0.2, -0.15) is 0 Å². The van der Waals surface area contributed by atoms with E-state index in [0.717, 1.165) is 0 Å². The second-order valence-electron chi connectivity index (χ2n) is 8.51. The number of para-hydroxylation sites is 1. The molecule has 198 valence electrons. The lowest BCUT2D eigenvalue weighted by atomic mass is 10.2. The maximum atomic E-state index is 13.3. The Morgan fingerprint density at radius 3 is 2.54 bits per heavy atom. The van der Waals surface area contributed by atoms with Gasteiger partial charge in [0.2, 0.25) is 11.7 Å². The van der Waals surface area contributed by atoms with Crippen molar-refractivity contribution in [3.63, 3.8) is 0 Å². The van der Waals surface area contributed by atoms with Gasteiger partial charge in [0.1, 0.15) is 24.5 Å². The smallest absolute Gasteiger partial charge is 0.337 e. The summed E-state index contributed by atoms with van der Waals surface area (Å²) in [5.41, 5.74) is 1.32. The van der Waals surface area contributed by atoms with Crippen LogP contribution >= 0.6 is 11.6 Å². The number of ether oxygens (including phenoxy) is 1. The fraction of sp³-hybridized carbons (Fsp3) is 0.154. The van der Waals surface area contributed by atoms with Crippen LogP contribution < -0.4 is 15.5 Å². The lowest BCUT2D eigenvalue weighted by Gasteiger charge is -2.26. The van der Waals surface area contributed by atoms with Crippen LogP contribution in [0.3, 0.4) is 0 Å². The molecule has 0 atom stereocenters. The van der Waals surface area contributed by atoms with Gasteiger partial charge in [0.05, 0.1) is 22.7 Å².